The number of phenolic OH excluding ortho intramolecular Hbond substituents is 1. The van der Waals surface area contributed by atoms with E-state index in [1.807, 2.05) is 51.1 Å². The van der Waals surface area contributed by atoms with Gasteiger partial charge in [0.25, 0.3) is 0 Å². The van der Waals surface area contributed by atoms with E-state index in [1.54, 1.807) is 23.9 Å². The predicted octanol–water partition coefficient (Wildman–Crippen LogP) is 4.26. The fourth-order valence-corrected chi connectivity index (χ4v) is 4.55. The third-order valence-corrected chi connectivity index (χ3v) is 6.21. The number of phenols is 1. The van der Waals surface area contributed by atoms with Crippen LogP contribution in [0.2, 0.25) is 0 Å². The number of thioether (sulfide) groups is 1. The lowest BCUT2D eigenvalue weighted by Gasteiger charge is -2.38. The molecule has 0 saturated carbocycles. The molecule has 0 bridgehead atoms. The van der Waals surface area contributed by atoms with Crippen LogP contribution in [0.25, 0.3) is 0 Å². The first-order valence-corrected chi connectivity index (χ1v) is 9.96. The second kappa shape index (κ2) is 6.60. The minimum absolute atomic E-state index is 0.0800. The fraction of sp³-hybridized carbons (Fsp3) is 0.333. The van der Waals surface area contributed by atoms with Crippen LogP contribution in [-0.4, -0.2) is 28.0 Å². The van der Waals surface area contributed by atoms with Crippen LogP contribution in [0.4, 0.5) is 0 Å². The van der Waals surface area contributed by atoms with Crippen molar-refractivity contribution < 1.29 is 14.6 Å². The number of carbonyl (C=O) groups is 1. The van der Waals surface area contributed by atoms with Gasteiger partial charge in [0, 0.05) is 28.9 Å². The Morgan fingerprint density at radius 3 is 2.70 bits per heavy atom. The van der Waals surface area contributed by atoms with Crippen molar-refractivity contribution >= 4 is 22.8 Å². The van der Waals surface area contributed by atoms with Crippen LogP contribution in [0.3, 0.4) is 0 Å². The maximum absolute atomic E-state index is 13.2. The first-order valence-electron chi connectivity index (χ1n) is 8.98. The highest BCUT2D eigenvalue weighted by Crippen LogP contribution is 2.52. The van der Waals surface area contributed by atoms with Gasteiger partial charge < -0.3 is 15.2 Å². The summed E-state index contributed by atoms with van der Waals surface area (Å²) in [5, 5.41) is 13.6. The van der Waals surface area contributed by atoms with E-state index in [-0.39, 0.29) is 23.6 Å². The van der Waals surface area contributed by atoms with E-state index in [9.17, 15) is 9.90 Å². The molecule has 2 aliphatic heterocycles. The lowest BCUT2D eigenvalue weighted by atomic mass is 9.69. The van der Waals surface area contributed by atoms with Gasteiger partial charge in [0.1, 0.15) is 17.2 Å². The van der Waals surface area contributed by atoms with Gasteiger partial charge in [-0.15, -0.1) is 0 Å². The Morgan fingerprint density at radius 1 is 1.22 bits per heavy atom. The number of amides is 1. The van der Waals surface area contributed by atoms with Crippen molar-refractivity contribution in [3.8, 4) is 17.2 Å². The van der Waals surface area contributed by atoms with Crippen molar-refractivity contribution in [2.75, 3.05) is 5.75 Å². The molecule has 6 heteroatoms. The van der Waals surface area contributed by atoms with Gasteiger partial charge in [0.05, 0.1) is 11.5 Å². The number of ether oxygens (including phenoxy) is 1. The molecule has 2 heterocycles. The quantitative estimate of drug-likeness (QED) is 0.814. The molecule has 2 atom stereocenters. The Bertz CT molecular complexity index is 939. The van der Waals surface area contributed by atoms with E-state index in [0.29, 0.717) is 16.7 Å². The summed E-state index contributed by atoms with van der Waals surface area (Å²) in [5.41, 5.74) is 1.10. The van der Waals surface area contributed by atoms with Crippen LogP contribution >= 0.6 is 11.8 Å². The number of benzene rings is 2. The highest BCUT2D eigenvalue weighted by Gasteiger charge is 2.44. The number of aliphatic imine (C=N–C) groups is 1. The molecule has 0 aromatic heterocycles. The number of nitrogens with one attached hydrogen (secondary N) is 1. The Kier molecular flexibility index (Phi) is 4.38. The standard InChI is InChI=1S/C21H22N2O3S/c1-12-11-27-20(22-12)23-19(25)21(2,3)18-14-6-4-5-7-16(14)26-17-10-13(24)8-9-15(17)18/h4-10,12,18,24H,11H2,1-3H3,(H,22,23,25)/t12?,18-/m0/s1. The van der Waals surface area contributed by atoms with Crippen molar-refractivity contribution in [3.63, 3.8) is 0 Å². The zero-order valence-electron chi connectivity index (χ0n) is 15.5. The number of para-hydroxylation sites is 1. The minimum atomic E-state index is -0.749. The summed E-state index contributed by atoms with van der Waals surface area (Å²) in [7, 11) is 0. The molecule has 27 heavy (non-hydrogen) atoms. The average molecular weight is 382 g/mol. The van der Waals surface area contributed by atoms with Gasteiger partial charge >= 0.3 is 0 Å². The molecule has 1 unspecified atom stereocenters. The third-order valence-electron chi connectivity index (χ3n) is 5.08. The van der Waals surface area contributed by atoms with Crippen LogP contribution in [-0.2, 0) is 4.79 Å². The summed E-state index contributed by atoms with van der Waals surface area (Å²) in [4.78, 5) is 17.7. The van der Waals surface area contributed by atoms with Crippen molar-refractivity contribution in [2.24, 2.45) is 10.4 Å². The monoisotopic (exact) mass is 382 g/mol. The number of amidine groups is 1. The number of aromatic hydroxyl groups is 1. The molecule has 0 aliphatic carbocycles. The van der Waals surface area contributed by atoms with Crippen molar-refractivity contribution in [2.45, 2.75) is 32.7 Å². The first-order chi connectivity index (χ1) is 12.9. The highest BCUT2D eigenvalue weighted by atomic mass is 32.2. The number of fused-ring (bicyclic) bond motifs is 2. The second-order valence-electron chi connectivity index (χ2n) is 7.57. The molecule has 2 aliphatic rings. The Morgan fingerprint density at radius 2 is 1.96 bits per heavy atom. The van der Waals surface area contributed by atoms with Gasteiger partial charge in [-0.1, -0.05) is 49.9 Å². The zero-order valence-corrected chi connectivity index (χ0v) is 16.3. The number of hydrogen-bond donors (Lipinski definition) is 2. The molecule has 0 fully saturated rings. The maximum atomic E-state index is 13.2. The van der Waals surface area contributed by atoms with Gasteiger partial charge in [0.2, 0.25) is 5.91 Å². The smallest absolute Gasteiger partial charge is 0.232 e. The van der Waals surface area contributed by atoms with Crippen molar-refractivity contribution in [1.29, 1.82) is 0 Å². The molecule has 140 valence electrons. The summed E-state index contributed by atoms with van der Waals surface area (Å²) in [6.07, 6.45) is 0. The first kappa shape index (κ1) is 17.9. The van der Waals surface area contributed by atoms with Crippen LogP contribution in [0.1, 0.15) is 37.8 Å². The lowest BCUT2D eigenvalue weighted by Crippen LogP contribution is -2.43. The summed E-state index contributed by atoms with van der Waals surface area (Å²) in [6, 6.07) is 13.0. The summed E-state index contributed by atoms with van der Waals surface area (Å²) >= 11 is 1.58. The van der Waals surface area contributed by atoms with Gasteiger partial charge in [-0.2, -0.15) is 0 Å². The molecule has 2 N–H and O–H groups in total. The SMILES string of the molecule is CC1CSC(NC(=O)C(C)(C)[C@H]2c3ccccc3Oc3cc(O)ccc32)=N1. The van der Waals surface area contributed by atoms with E-state index in [4.69, 9.17) is 4.74 Å². The van der Waals surface area contributed by atoms with Gasteiger partial charge in [-0.05, 0) is 19.1 Å². The molecular weight excluding hydrogens is 360 g/mol. The Balaban J connectivity index is 1.75. The number of nitrogens with zero attached hydrogens (tertiary/aromatic N) is 1. The van der Waals surface area contributed by atoms with Crippen molar-refractivity contribution in [1.82, 2.24) is 5.32 Å². The molecule has 5 nitrogen and oxygen atoms in total. The van der Waals surface area contributed by atoms with E-state index in [0.717, 1.165) is 16.9 Å². The van der Waals surface area contributed by atoms with E-state index >= 15 is 0 Å². The Hall–Kier alpha value is -2.47. The largest absolute Gasteiger partial charge is 0.508 e. The maximum Gasteiger partial charge on any atom is 0.232 e. The zero-order chi connectivity index (χ0) is 19.2. The van der Waals surface area contributed by atoms with Gasteiger partial charge in [-0.25, -0.2) is 0 Å². The molecule has 2 aromatic rings. The van der Waals surface area contributed by atoms with Crippen LogP contribution < -0.4 is 10.1 Å². The predicted molar refractivity (Wildman–Crippen MR) is 108 cm³/mol. The Labute approximate surface area is 162 Å². The van der Waals surface area contributed by atoms with Gasteiger partial charge in [0.15, 0.2) is 5.17 Å². The normalized spacial score (nSPS) is 20.9. The third kappa shape index (κ3) is 3.18. The van der Waals surface area contributed by atoms with Gasteiger partial charge in [-0.3, -0.25) is 9.79 Å². The molecule has 1 amide bonds. The van der Waals surface area contributed by atoms with Crippen LogP contribution in [0.15, 0.2) is 47.5 Å². The summed E-state index contributed by atoms with van der Waals surface area (Å²) in [6.45, 7) is 5.92. The van der Waals surface area contributed by atoms with E-state index in [2.05, 4.69) is 10.3 Å². The molecule has 2 aromatic carbocycles. The highest BCUT2D eigenvalue weighted by molar-refractivity contribution is 8.14. The lowest BCUT2D eigenvalue weighted by molar-refractivity contribution is -0.128. The fourth-order valence-electron chi connectivity index (χ4n) is 3.66. The minimum Gasteiger partial charge on any atom is -0.508 e. The van der Waals surface area contributed by atoms with E-state index < -0.39 is 5.41 Å². The number of carbonyl (C=O) groups excluding carboxylic acids is 1. The van der Waals surface area contributed by atoms with E-state index in [1.165, 1.54) is 0 Å². The molecular formula is C21H22N2O3S. The molecule has 0 radical (unpaired) electrons. The number of rotatable bonds is 2. The second-order valence-corrected chi connectivity index (χ2v) is 8.57. The topological polar surface area (TPSA) is 70.9 Å². The molecule has 4 rings (SSSR count). The summed E-state index contributed by atoms with van der Waals surface area (Å²) in [5.74, 6) is 2.03. The van der Waals surface area contributed by atoms with Crippen molar-refractivity contribution in [3.05, 3.63) is 53.6 Å². The van der Waals surface area contributed by atoms with Crippen LogP contribution in [0.5, 0.6) is 17.2 Å². The number of hydrogen-bond acceptors (Lipinski definition) is 5. The van der Waals surface area contributed by atoms with Crippen LogP contribution in [0, 0.1) is 5.41 Å². The summed E-state index contributed by atoms with van der Waals surface area (Å²) < 4.78 is 5.99. The molecule has 0 spiro atoms. The average Bonchev–Trinajstić information content (AvgIpc) is 3.04. The molecule has 0 saturated heterocycles.